The predicted molar refractivity (Wildman–Crippen MR) is 127 cm³/mol. The Hall–Kier alpha value is -2.83. The first-order chi connectivity index (χ1) is 15.0. The summed E-state index contributed by atoms with van der Waals surface area (Å²) in [6.07, 6.45) is 10.4. The summed E-state index contributed by atoms with van der Waals surface area (Å²) < 4.78 is 11.4. The third-order valence-electron chi connectivity index (χ3n) is 4.93. The van der Waals surface area contributed by atoms with Gasteiger partial charge in [0.15, 0.2) is 11.5 Å². The molecule has 0 spiro atoms. The van der Waals surface area contributed by atoms with Crippen molar-refractivity contribution in [2.45, 2.75) is 71.6 Å². The number of aromatic nitrogens is 2. The SMILES string of the molecule is CCCCCCCCCOc1ccc(/C=N\Nc2nc(C(C)C)cc(=O)[nH]2)cc1OC. The normalized spacial score (nSPS) is 11.3. The Morgan fingerprint density at radius 2 is 1.84 bits per heavy atom. The average Bonchev–Trinajstić information content (AvgIpc) is 2.75. The zero-order valence-corrected chi connectivity index (χ0v) is 19.2. The van der Waals surface area contributed by atoms with Crippen LogP contribution in [0.2, 0.25) is 0 Å². The number of hydrogen-bond acceptors (Lipinski definition) is 6. The summed E-state index contributed by atoms with van der Waals surface area (Å²) in [5.41, 5.74) is 4.13. The minimum absolute atomic E-state index is 0.157. The van der Waals surface area contributed by atoms with Crippen molar-refractivity contribution in [1.82, 2.24) is 9.97 Å². The van der Waals surface area contributed by atoms with Crippen LogP contribution < -0.4 is 20.5 Å². The first kappa shape index (κ1) is 24.4. The van der Waals surface area contributed by atoms with E-state index in [9.17, 15) is 4.79 Å². The van der Waals surface area contributed by atoms with E-state index >= 15 is 0 Å². The molecule has 0 atom stereocenters. The Morgan fingerprint density at radius 3 is 2.55 bits per heavy atom. The lowest BCUT2D eigenvalue weighted by molar-refractivity contribution is 0.284. The largest absolute Gasteiger partial charge is 0.493 e. The van der Waals surface area contributed by atoms with Gasteiger partial charge in [0.05, 0.1) is 25.6 Å². The Labute approximate surface area is 185 Å². The van der Waals surface area contributed by atoms with Crippen molar-refractivity contribution in [3.8, 4) is 11.5 Å². The lowest BCUT2D eigenvalue weighted by Crippen LogP contribution is -2.12. The molecule has 0 aliphatic heterocycles. The van der Waals surface area contributed by atoms with Crippen LogP contribution >= 0.6 is 0 Å². The molecule has 170 valence electrons. The molecule has 31 heavy (non-hydrogen) atoms. The molecule has 2 rings (SSSR count). The van der Waals surface area contributed by atoms with Crippen molar-refractivity contribution in [3.05, 3.63) is 45.9 Å². The number of nitrogens with zero attached hydrogens (tertiary/aromatic N) is 2. The van der Waals surface area contributed by atoms with Gasteiger partial charge in [0.25, 0.3) is 5.56 Å². The maximum absolute atomic E-state index is 11.7. The maximum Gasteiger partial charge on any atom is 0.252 e. The van der Waals surface area contributed by atoms with E-state index in [2.05, 4.69) is 27.4 Å². The van der Waals surface area contributed by atoms with Gasteiger partial charge in [-0.25, -0.2) is 10.4 Å². The van der Waals surface area contributed by atoms with E-state index in [-0.39, 0.29) is 11.5 Å². The van der Waals surface area contributed by atoms with Crippen LogP contribution in [0.25, 0.3) is 0 Å². The predicted octanol–water partition coefficient (Wildman–Crippen LogP) is 5.48. The number of anilines is 1. The second-order valence-corrected chi connectivity index (χ2v) is 7.92. The highest BCUT2D eigenvalue weighted by atomic mass is 16.5. The van der Waals surface area contributed by atoms with Crippen LogP contribution in [-0.2, 0) is 0 Å². The van der Waals surface area contributed by atoms with Gasteiger partial charge >= 0.3 is 0 Å². The number of hydrazone groups is 1. The van der Waals surface area contributed by atoms with E-state index < -0.39 is 0 Å². The molecular formula is C24H36N4O3. The number of hydrogen-bond donors (Lipinski definition) is 2. The number of benzene rings is 1. The molecule has 1 aromatic carbocycles. The molecule has 2 aromatic rings. The van der Waals surface area contributed by atoms with E-state index in [0.29, 0.717) is 24.0 Å². The van der Waals surface area contributed by atoms with Gasteiger partial charge in [-0.2, -0.15) is 5.10 Å². The lowest BCUT2D eigenvalue weighted by atomic mass is 10.1. The number of aromatic amines is 1. The van der Waals surface area contributed by atoms with E-state index in [1.807, 2.05) is 32.0 Å². The Morgan fingerprint density at radius 1 is 1.10 bits per heavy atom. The highest BCUT2D eigenvalue weighted by molar-refractivity contribution is 5.81. The fourth-order valence-corrected chi connectivity index (χ4v) is 3.12. The van der Waals surface area contributed by atoms with Crippen LogP contribution in [0.5, 0.6) is 11.5 Å². The van der Waals surface area contributed by atoms with Crippen molar-refractivity contribution < 1.29 is 9.47 Å². The Bertz CT molecular complexity index is 877. The standard InChI is InChI=1S/C24H36N4O3/c1-5-6-7-8-9-10-11-14-31-21-13-12-19(15-22(21)30-4)17-25-28-24-26-20(18(2)3)16-23(29)27-24/h12-13,15-18H,5-11,14H2,1-4H3,(H2,26,27,28,29)/b25-17-. The van der Waals surface area contributed by atoms with Gasteiger partial charge in [-0.3, -0.25) is 9.78 Å². The number of rotatable bonds is 14. The van der Waals surface area contributed by atoms with Crippen molar-refractivity contribution >= 4 is 12.2 Å². The number of ether oxygens (including phenoxy) is 2. The summed E-state index contributed by atoms with van der Waals surface area (Å²) in [7, 11) is 1.63. The highest BCUT2D eigenvalue weighted by Crippen LogP contribution is 2.28. The zero-order valence-electron chi connectivity index (χ0n) is 19.2. The average molecular weight is 429 g/mol. The molecule has 0 unspecified atom stereocenters. The van der Waals surface area contributed by atoms with E-state index in [0.717, 1.165) is 17.7 Å². The van der Waals surface area contributed by atoms with Crippen LogP contribution in [0.1, 0.15) is 82.9 Å². The van der Waals surface area contributed by atoms with Crippen LogP contribution in [0.4, 0.5) is 5.95 Å². The van der Waals surface area contributed by atoms with Crippen LogP contribution in [0.3, 0.4) is 0 Å². The first-order valence-corrected chi connectivity index (χ1v) is 11.2. The third kappa shape index (κ3) is 8.82. The minimum Gasteiger partial charge on any atom is -0.493 e. The summed E-state index contributed by atoms with van der Waals surface area (Å²) in [6.45, 7) is 6.89. The summed E-state index contributed by atoms with van der Waals surface area (Å²) >= 11 is 0. The van der Waals surface area contributed by atoms with Gasteiger partial charge in [0, 0.05) is 6.07 Å². The Kier molecular flexibility index (Phi) is 10.6. The summed E-state index contributed by atoms with van der Waals surface area (Å²) in [5, 5.41) is 4.17. The molecule has 7 nitrogen and oxygen atoms in total. The number of nitrogens with one attached hydrogen (secondary N) is 2. The zero-order chi connectivity index (χ0) is 22.5. The molecule has 0 saturated carbocycles. The van der Waals surface area contributed by atoms with Gasteiger partial charge < -0.3 is 9.47 Å². The smallest absolute Gasteiger partial charge is 0.252 e. The molecule has 0 aliphatic carbocycles. The summed E-state index contributed by atoms with van der Waals surface area (Å²) in [6, 6.07) is 7.16. The molecule has 2 N–H and O–H groups in total. The van der Waals surface area contributed by atoms with Crippen molar-refractivity contribution in [2.24, 2.45) is 5.10 Å². The van der Waals surface area contributed by atoms with Crippen molar-refractivity contribution in [1.29, 1.82) is 0 Å². The summed E-state index contributed by atoms with van der Waals surface area (Å²) in [5.74, 6) is 1.87. The molecular weight excluding hydrogens is 392 g/mol. The maximum atomic E-state index is 11.7. The molecule has 0 radical (unpaired) electrons. The van der Waals surface area contributed by atoms with Gasteiger partial charge in [-0.1, -0.05) is 59.3 Å². The summed E-state index contributed by atoms with van der Waals surface area (Å²) in [4.78, 5) is 18.7. The van der Waals surface area contributed by atoms with E-state index in [1.54, 1.807) is 13.3 Å². The monoisotopic (exact) mass is 428 g/mol. The van der Waals surface area contributed by atoms with Gasteiger partial charge in [-0.05, 0) is 36.1 Å². The van der Waals surface area contributed by atoms with Gasteiger partial charge in [-0.15, -0.1) is 0 Å². The van der Waals surface area contributed by atoms with E-state index in [1.165, 1.54) is 44.6 Å². The molecule has 1 aromatic heterocycles. The van der Waals surface area contributed by atoms with Gasteiger partial charge in [0.2, 0.25) is 5.95 Å². The highest BCUT2D eigenvalue weighted by Gasteiger charge is 2.06. The molecule has 0 saturated heterocycles. The molecule has 1 heterocycles. The van der Waals surface area contributed by atoms with Crippen LogP contribution in [0, 0.1) is 0 Å². The van der Waals surface area contributed by atoms with E-state index in [4.69, 9.17) is 9.47 Å². The van der Waals surface area contributed by atoms with Gasteiger partial charge in [0.1, 0.15) is 0 Å². The fraction of sp³-hybridized carbons (Fsp3) is 0.542. The second kappa shape index (κ2) is 13.5. The quantitative estimate of drug-likeness (QED) is 0.236. The molecule has 0 aliphatic rings. The molecule has 0 fully saturated rings. The number of unbranched alkanes of at least 4 members (excludes halogenated alkanes) is 6. The Balaban J connectivity index is 1.86. The third-order valence-corrected chi connectivity index (χ3v) is 4.93. The van der Waals surface area contributed by atoms with Crippen LogP contribution in [0.15, 0.2) is 34.2 Å². The number of H-pyrrole nitrogens is 1. The number of methoxy groups -OCH3 is 1. The van der Waals surface area contributed by atoms with Crippen LogP contribution in [-0.4, -0.2) is 29.9 Å². The molecule has 0 bridgehead atoms. The fourth-order valence-electron chi connectivity index (χ4n) is 3.12. The minimum atomic E-state index is -0.208. The topological polar surface area (TPSA) is 88.6 Å². The van der Waals surface area contributed by atoms with Crippen molar-refractivity contribution in [3.63, 3.8) is 0 Å². The van der Waals surface area contributed by atoms with Crippen molar-refractivity contribution in [2.75, 3.05) is 19.1 Å². The molecule has 7 heteroatoms. The lowest BCUT2D eigenvalue weighted by Gasteiger charge is -2.11. The molecule has 0 amide bonds. The first-order valence-electron chi connectivity index (χ1n) is 11.2. The second-order valence-electron chi connectivity index (χ2n) is 7.92.